The van der Waals surface area contributed by atoms with E-state index >= 15 is 0 Å². The average Bonchev–Trinajstić information content (AvgIpc) is 3.39. The molecule has 2 aliphatic heterocycles. The smallest absolute Gasteiger partial charge is 0.748 e. The summed E-state index contributed by atoms with van der Waals surface area (Å²) in [4.78, 5) is 4.00. The maximum atomic E-state index is 11.1. The van der Waals surface area contributed by atoms with E-state index in [0.717, 1.165) is 25.9 Å². The normalized spacial score (nSPS) is 17.5. The van der Waals surface area contributed by atoms with Gasteiger partial charge >= 0.3 is 29.6 Å². The van der Waals surface area contributed by atoms with Gasteiger partial charge in [0.25, 0.3) is 0 Å². The number of hydrogen-bond acceptors (Lipinski definition) is 10. The fourth-order valence-corrected chi connectivity index (χ4v) is 6.46. The molecule has 4 rings (SSSR count). The summed E-state index contributed by atoms with van der Waals surface area (Å²) in [6, 6.07) is 11.3. The molecule has 1 unspecified atom stereocenters. The first-order valence-corrected chi connectivity index (χ1v) is 17.8. The van der Waals surface area contributed by atoms with Crippen LogP contribution in [0, 0.1) is 0 Å². The van der Waals surface area contributed by atoms with Gasteiger partial charge in [-0.2, -0.15) is 0 Å². The van der Waals surface area contributed by atoms with Crippen LogP contribution in [0.4, 0.5) is 11.4 Å². The van der Waals surface area contributed by atoms with Crippen molar-refractivity contribution in [3.05, 3.63) is 69.0 Å². The summed E-state index contributed by atoms with van der Waals surface area (Å²) in [5.41, 5.74) is 2.61. The Balaban J connectivity index is 0.00000484. The molecule has 0 N–H and O–H groups in total. The molecular weight excluding hydrogens is 727 g/mol. The van der Waals surface area contributed by atoms with Crippen molar-refractivity contribution in [3.8, 4) is 11.5 Å². The molecule has 0 aliphatic carbocycles. The fraction of sp³-hybridized carbons (Fsp3) is 0.407. The van der Waals surface area contributed by atoms with Gasteiger partial charge in [0.2, 0.25) is 5.88 Å². The third kappa shape index (κ3) is 9.96. The van der Waals surface area contributed by atoms with E-state index in [4.69, 9.17) is 9.47 Å². The molecule has 2 aromatic carbocycles. The van der Waals surface area contributed by atoms with Crippen LogP contribution in [0.5, 0.6) is 11.5 Å². The van der Waals surface area contributed by atoms with Crippen molar-refractivity contribution in [2.75, 3.05) is 34.4 Å². The zero-order valence-electron chi connectivity index (χ0n) is 23.3. The quantitative estimate of drug-likeness (QED) is 0.170. The molecule has 0 bridgehead atoms. The van der Waals surface area contributed by atoms with Crippen LogP contribution in [0.3, 0.4) is 0 Å². The van der Waals surface area contributed by atoms with Crippen LogP contribution in [0.1, 0.15) is 39.0 Å². The molecule has 10 nitrogen and oxygen atoms in total. The Hall–Kier alpha value is -1.10. The van der Waals surface area contributed by atoms with Crippen LogP contribution in [-0.4, -0.2) is 56.8 Å². The van der Waals surface area contributed by atoms with Gasteiger partial charge in [-0.1, -0.05) is 38.8 Å². The van der Waals surface area contributed by atoms with Gasteiger partial charge in [0.15, 0.2) is 12.0 Å². The Morgan fingerprint density at radius 1 is 0.881 bits per heavy atom. The topological polar surface area (TPSA) is 139 Å². The van der Waals surface area contributed by atoms with Crippen LogP contribution in [0.2, 0.25) is 0 Å². The molecule has 42 heavy (non-hydrogen) atoms. The number of ether oxygens (including phenoxy) is 2. The maximum absolute atomic E-state index is 11.1. The second-order valence-electron chi connectivity index (χ2n) is 9.70. The van der Waals surface area contributed by atoms with Crippen molar-refractivity contribution < 1.29 is 65.0 Å². The van der Waals surface area contributed by atoms with Crippen LogP contribution >= 0.6 is 31.9 Å². The molecule has 0 saturated heterocycles. The minimum atomic E-state index is -4.28. The van der Waals surface area contributed by atoms with Crippen LogP contribution in [0.25, 0.3) is 0 Å². The Bertz CT molecular complexity index is 1550. The predicted molar refractivity (Wildman–Crippen MR) is 162 cm³/mol. The number of benzene rings is 2. The largest absolute Gasteiger partial charge is 1.00 e. The third-order valence-electron chi connectivity index (χ3n) is 6.62. The van der Waals surface area contributed by atoms with Gasteiger partial charge < -0.3 is 28.4 Å². The molecule has 2 aromatic rings. The number of unbranched alkanes of at least 4 members (excludes halogenated alkanes) is 2. The third-order valence-corrected chi connectivity index (χ3v) is 9.18. The number of rotatable bonds is 13. The van der Waals surface area contributed by atoms with E-state index in [1.165, 1.54) is 0 Å². The number of hydrogen-bond donors (Lipinski definition) is 0. The van der Waals surface area contributed by atoms with Crippen molar-refractivity contribution >= 4 is 63.5 Å². The molecule has 2 heterocycles. The average molecular weight is 757 g/mol. The van der Waals surface area contributed by atoms with Crippen LogP contribution < -0.4 is 48.8 Å². The van der Waals surface area contributed by atoms with Crippen LogP contribution in [0.15, 0.2) is 69.0 Å². The number of nitrogens with zero attached hydrogens (tertiary/aromatic N) is 2. The molecule has 0 saturated carbocycles. The zero-order valence-corrected chi connectivity index (χ0v) is 30.1. The summed E-state index contributed by atoms with van der Waals surface area (Å²) in [5, 5.41) is 0. The Kier molecular flexibility index (Phi) is 12.9. The molecule has 15 heteroatoms. The van der Waals surface area contributed by atoms with E-state index in [1.807, 2.05) is 65.3 Å². The molecular formula is C27H30Br2N2NaO8S2-. The summed E-state index contributed by atoms with van der Waals surface area (Å²) < 4.78 is 80.5. The van der Waals surface area contributed by atoms with Gasteiger partial charge in [0, 0.05) is 39.6 Å². The minimum Gasteiger partial charge on any atom is -0.748 e. The van der Waals surface area contributed by atoms with Crippen molar-refractivity contribution in [1.82, 2.24) is 0 Å². The van der Waals surface area contributed by atoms with Gasteiger partial charge in [-0.25, -0.2) is 16.8 Å². The van der Waals surface area contributed by atoms with Crippen LogP contribution in [-0.2, 0) is 20.2 Å². The van der Waals surface area contributed by atoms with Gasteiger partial charge in [-0.15, -0.1) is 0 Å². The molecule has 0 amide bonds. The van der Waals surface area contributed by atoms with Gasteiger partial charge in [0.05, 0.1) is 31.6 Å². The SMILES string of the molecule is CCC(=C/C1Oc2ccc(Br)cc2N1CCCCS(=O)(=O)[O-])/C=C1/Oc2ccc(Br)cc2N1CCCCS(=O)(=O)[O-].[Na+]. The van der Waals surface area contributed by atoms with E-state index in [2.05, 4.69) is 31.9 Å². The van der Waals surface area contributed by atoms with Crippen molar-refractivity contribution in [3.63, 3.8) is 0 Å². The van der Waals surface area contributed by atoms with E-state index in [1.54, 1.807) is 0 Å². The number of halogens is 2. The minimum absolute atomic E-state index is 0. The first-order valence-electron chi connectivity index (χ1n) is 13.1. The van der Waals surface area contributed by atoms with E-state index < -0.39 is 38.0 Å². The molecule has 0 radical (unpaired) electrons. The summed E-state index contributed by atoms with van der Waals surface area (Å²) in [6.07, 6.45) is 5.53. The van der Waals surface area contributed by atoms with Crippen molar-refractivity contribution in [2.45, 2.75) is 45.3 Å². The van der Waals surface area contributed by atoms with Gasteiger partial charge in [0.1, 0.15) is 5.75 Å². The molecule has 224 valence electrons. The first kappa shape index (κ1) is 35.4. The van der Waals surface area contributed by atoms with E-state index in [-0.39, 0.29) is 42.4 Å². The second kappa shape index (κ2) is 15.3. The molecule has 0 fully saturated rings. The van der Waals surface area contributed by atoms with Crippen molar-refractivity contribution in [2.24, 2.45) is 0 Å². The Morgan fingerprint density at radius 2 is 1.45 bits per heavy atom. The predicted octanol–water partition coefficient (Wildman–Crippen LogP) is 2.47. The summed E-state index contributed by atoms with van der Waals surface area (Å²) >= 11 is 7.00. The number of fused-ring (bicyclic) bond motifs is 2. The number of anilines is 2. The van der Waals surface area contributed by atoms with Crippen molar-refractivity contribution in [1.29, 1.82) is 0 Å². The maximum Gasteiger partial charge on any atom is 1.00 e. The summed E-state index contributed by atoms with van der Waals surface area (Å²) in [6.45, 7) is 2.95. The standard InChI is InChI=1S/C27H32Br2N2O8S2.Na/c1-2-19(15-26-30(11-3-5-13-40(32,33)34)22-17-20(28)7-9-24(22)38-26)16-27-31(12-4-6-14-41(35,36)37)23-18-21(29)8-10-25(23)39-27;/h7-10,15-18,26H,2-6,11-14H2,1H3,(H,32,33,34)(H,35,36,37);/q;+1/p-2/b19-15-,27-16+;. The Morgan fingerprint density at radius 3 is 2.05 bits per heavy atom. The molecule has 0 aromatic heterocycles. The molecule has 1 atom stereocenters. The second-order valence-corrected chi connectivity index (χ2v) is 14.6. The van der Waals surface area contributed by atoms with E-state index in [0.29, 0.717) is 49.7 Å². The first-order chi connectivity index (χ1) is 19.3. The monoisotopic (exact) mass is 755 g/mol. The molecule has 2 aliphatic rings. The number of allylic oxidation sites excluding steroid dienone is 2. The van der Waals surface area contributed by atoms with Gasteiger partial charge in [-0.3, -0.25) is 0 Å². The zero-order chi connectivity index (χ0) is 29.8. The summed E-state index contributed by atoms with van der Waals surface area (Å²) in [5.74, 6) is 1.10. The van der Waals surface area contributed by atoms with Gasteiger partial charge in [-0.05, 0) is 80.2 Å². The summed E-state index contributed by atoms with van der Waals surface area (Å²) in [7, 11) is -8.56. The fourth-order valence-electron chi connectivity index (χ4n) is 4.65. The Labute approximate surface area is 286 Å². The van der Waals surface area contributed by atoms with E-state index in [9.17, 15) is 25.9 Å². The molecule has 0 spiro atoms.